The van der Waals surface area contributed by atoms with E-state index in [0.717, 1.165) is 5.03 Å². The lowest BCUT2D eigenvalue weighted by molar-refractivity contribution is -0.406. The molecular formula is C12H13FN5S+. The van der Waals surface area contributed by atoms with Crippen LogP contribution in [0, 0.1) is 5.95 Å². The second-order valence-corrected chi connectivity index (χ2v) is 4.58. The van der Waals surface area contributed by atoms with E-state index in [0.29, 0.717) is 17.4 Å². The molecule has 0 aliphatic carbocycles. The van der Waals surface area contributed by atoms with Crippen LogP contribution >= 0.6 is 11.8 Å². The smallest absolute Gasteiger partial charge is 0.299 e. The minimum absolute atomic E-state index is 0.397. The van der Waals surface area contributed by atoms with Crippen LogP contribution in [0.15, 0.2) is 52.7 Å². The number of H-pyrrole nitrogens is 1. The van der Waals surface area contributed by atoms with Crippen molar-refractivity contribution in [1.29, 1.82) is 0 Å². The zero-order valence-corrected chi connectivity index (χ0v) is 10.8. The van der Waals surface area contributed by atoms with Gasteiger partial charge in [0.25, 0.3) is 11.8 Å². The first kappa shape index (κ1) is 13.3. The van der Waals surface area contributed by atoms with Crippen LogP contribution in [-0.2, 0) is 0 Å². The highest BCUT2D eigenvalue weighted by Gasteiger charge is 2.03. The normalized spacial score (nSPS) is 11.3. The van der Waals surface area contributed by atoms with E-state index in [9.17, 15) is 4.39 Å². The zero-order chi connectivity index (χ0) is 13.5. The molecule has 0 spiro atoms. The summed E-state index contributed by atoms with van der Waals surface area (Å²) < 4.78 is 12.9. The highest BCUT2D eigenvalue weighted by Crippen LogP contribution is 2.13. The fourth-order valence-electron chi connectivity index (χ4n) is 1.25. The van der Waals surface area contributed by atoms with Gasteiger partial charge in [0.15, 0.2) is 5.84 Å². The molecular weight excluding hydrogens is 265 g/mol. The Labute approximate surface area is 114 Å². The highest BCUT2D eigenvalue weighted by atomic mass is 32.2. The Balaban J connectivity index is 1.86. The van der Waals surface area contributed by atoms with Gasteiger partial charge in [-0.2, -0.15) is 4.39 Å². The van der Waals surface area contributed by atoms with E-state index in [1.165, 1.54) is 17.8 Å². The summed E-state index contributed by atoms with van der Waals surface area (Å²) in [5.74, 6) is 0.889. The molecule has 0 bridgehead atoms. The molecule has 4 N–H and O–H groups in total. The second-order valence-electron chi connectivity index (χ2n) is 3.58. The van der Waals surface area contributed by atoms with E-state index >= 15 is 0 Å². The van der Waals surface area contributed by atoms with Gasteiger partial charge in [-0.25, -0.2) is 9.97 Å². The summed E-state index contributed by atoms with van der Waals surface area (Å²) in [7, 11) is 0. The van der Waals surface area contributed by atoms with Gasteiger partial charge in [-0.15, -0.1) is 5.43 Å². The number of nitrogens with zero attached hydrogens (tertiary/aromatic N) is 2. The van der Waals surface area contributed by atoms with Gasteiger partial charge >= 0.3 is 0 Å². The van der Waals surface area contributed by atoms with Crippen molar-refractivity contribution < 1.29 is 9.37 Å². The molecule has 98 valence electrons. The lowest BCUT2D eigenvalue weighted by Crippen LogP contribution is -2.19. The van der Waals surface area contributed by atoms with Crippen LogP contribution in [0.3, 0.4) is 0 Å². The van der Waals surface area contributed by atoms with Gasteiger partial charge in [-0.05, 0) is 18.2 Å². The Morgan fingerprint density at radius 3 is 3.00 bits per heavy atom. The molecule has 19 heavy (non-hydrogen) atoms. The van der Waals surface area contributed by atoms with Crippen molar-refractivity contribution in [1.82, 2.24) is 4.98 Å². The number of hydrazone groups is 1. The van der Waals surface area contributed by atoms with Crippen molar-refractivity contribution in [3.63, 3.8) is 0 Å². The molecule has 2 heterocycles. The van der Waals surface area contributed by atoms with Crippen molar-refractivity contribution >= 4 is 23.4 Å². The molecule has 2 aromatic rings. The minimum atomic E-state index is -0.443. The Morgan fingerprint density at radius 2 is 2.26 bits per heavy atom. The van der Waals surface area contributed by atoms with Crippen LogP contribution in [-0.4, -0.2) is 16.6 Å². The monoisotopic (exact) mass is 278 g/mol. The van der Waals surface area contributed by atoms with Crippen molar-refractivity contribution in [2.75, 3.05) is 11.2 Å². The quantitative estimate of drug-likeness (QED) is 0.286. The van der Waals surface area contributed by atoms with Gasteiger partial charge in [0, 0.05) is 18.3 Å². The van der Waals surface area contributed by atoms with Crippen LogP contribution in [0.1, 0.15) is 0 Å². The molecule has 0 radical (unpaired) electrons. The lowest BCUT2D eigenvalue weighted by Gasteiger charge is -1.99. The number of rotatable bonds is 5. The second kappa shape index (κ2) is 6.69. The predicted molar refractivity (Wildman–Crippen MR) is 73.2 cm³/mol. The number of halogens is 1. The van der Waals surface area contributed by atoms with Crippen LogP contribution in [0.2, 0.25) is 0 Å². The van der Waals surface area contributed by atoms with Gasteiger partial charge in [0.05, 0.1) is 10.8 Å². The summed E-state index contributed by atoms with van der Waals surface area (Å²) in [6.45, 7) is 0. The molecule has 2 aromatic heterocycles. The SMILES string of the molecule is NC(CSc1ccccn1)=NNc1cccc(F)[nH+]1. The molecule has 0 fully saturated rings. The van der Waals surface area contributed by atoms with Crippen molar-refractivity contribution in [2.24, 2.45) is 10.8 Å². The third kappa shape index (κ3) is 4.55. The number of nitrogens with two attached hydrogens (primary N) is 1. The van der Waals surface area contributed by atoms with E-state index in [1.54, 1.807) is 18.3 Å². The predicted octanol–water partition coefficient (Wildman–Crippen LogP) is 1.51. The number of thioether (sulfide) groups is 1. The van der Waals surface area contributed by atoms with E-state index < -0.39 is 5.95 Å². The topological polar surface area (TPSA) is 77.4 Å². The van der Waals surface area contributed by atoms with Gasteiger partial charge in [0.2, 0.25) is 0 Å². The molecule has 5 nitrogen and oxygen atoms in total. The van der Waals surface area contributed by atoms with E-state index in [1.807, 2.05) is 18.2 Å². The number of hydrogen-bond donors (Lipinski definition) is 2. The maximum absolute atomic E-state index is 12.9. The molecule has 0 atom stereocenters. The molecule has 7 heteroatoms. The Morgan fingerprint density at radius 1 is 1.37 bits per heavy atom. The van der Waals surface area contributed by atoms with E-state index in [-0.39, 0.29) is 0 Å². The van der Waals surface area contributed by atoms with Gasteiger partial charge in [-0.1, -0.05) is 22.9 Å². The van der Waals surface area contributed by atoms with Gasteiger partial charge in [0.1, 0.15) is 0 Å². The molecule has 0 amide bonds. The first-order chi connectivity index (χ1) is 9.24. The first-order valence-corrected chi connectivity index (χ1v) is 6.52. The summed E-state index contributed by atoms with van der Waals surface area (Å²) in [4.78, 5) is 6.63. The van der Waals surface area contributed by atoms with Gasteiger partial charge < -0.3 is 5.73 Å². The molecule has 0 saturated carbocycles. The fourth-order valence-corrected chi connectivity index (χ4v) is 1.92. The maximum Gasteiger partial charge on any atom is 0.299 e. The highest BCUT2D eigenvalue weighted by molar-refractivity contribution is 7.99. The molecule has 0 saturated heterocycles. The third-order valence-corrected chi connectivity index (χ3v) is 3.06. The zero-order valence-electron chi connectivity index (χ0n) is 10.0. The Kier molecular flexibility index (Phi) is 4.68. The van der Waals surface area contributed by atoms with Gasteiger partial charge in [-0.3, -0.25) is 0 Å². The number of anilines is 1. The number of aromatic amines is 1. The Bertz CT molecular complexity index is 561. The summed E-state index contributed by atoms with van der Waals surface area (Å²) in [5.41, 5.74) is 8.39. The number of nitrogens with one attached hydrogen (secondary N) is 2. The minimum Gasteiger partial charge on any atom is -0.383 e. The molecule has 0 aliphatic rings. The van der Waals surface area contributed by atoms with Crippen molar-refractivity contribution in [2.45, 2.75) is 5.03 Å². The molecule has 0 aromatic carbocycles. The standard InChI is InChI=1S/C12H12FN5S/c13-9-4-3-5-11(16-9)18-17-10(14)8-19-12-6-1-2-7-15-12/h1-7H,8H2,(H2,14,17)(H,16,18)/p+1. The number of amidine groups is 1. The third-order valence-electron chi connectivity index (χ3n) is 2.09. The number of pyridine rings is 2. The molecule has 0 aliphatic heterocycles. The van der Waals surface area contributed by atoms with E-state index in [4.69, 9.17) is 5.73 Å². The first-order valence-electron chi connectivity index (χ1n) is 5.54. The van der Waals surface area contributed by atoms with Crippen LogP contribution in [0.5, 0.6) is 0 Å². The summed E-state index contributed by atoms with van der Waals surface area (Å²) in [6.07, 6.45) is 1.72. The summed E-state index contributed by atoms with van der Waals surface area (Å²) in [6, 6.07) is 10.2. The summed E-state index contributed by atoms with van der Waals surface area (Å²) >= 11 is 1.48. The summed E-state index contributed by atoms with van der Waals surface area (Å²) in [5, 5.41) is 4.82. The average Bonchev–Trinajstić information content (AvgIpc) is 2.44. The van der Waals surface area contributed by atoms with Crippen LogP contribution < -0.4 is 16.1 Å². The average molecular weight is 278 g/mol. The lowest BCUT2D eigenvalue weighted by atomic mass is 10.5. The van der Waals surface area contributed by atoms with E-state index in [2.05, 4.69) is 20.5 Å². The number of aromatic nitrogens is 2. The van der Waals surface area contributed by atoms with Crippen molar-refractivity contribution in [3.05, 3.63) is 48.5 Å². The molecule has 2 rings (SSSR count). The van der Waals surface area contributed by atoms with Crippen molar-refractivity contribution in [3.8, 4) is 0 Å². The number of hydrogen-bond acceptors (Lipinski definition) is 4. The largest absolute Gasteiger partial charge is 0.383 e. The van der Waals surface area contributed by atoms with Crippen LogP contribution in [0.4, 0.5) is 10.2 Å². The maximum atomic E-state index is 12.9. The fraction of sp³-hybridized carbons (Fsp3) is 0.0833. The molecule has 0 unspecified atom stereocenters. The Hall–Kier alpha value is -2.15. The van der Waals surface area contributed by atoms with Crippen LogP contribution in [0.25, 0.3) is 0 Å².